The SMILES string of the molecule is CC(C)(C)C1CCc2c(C(=O)Nc3ccc(OCc4ccc(Cl)cc4)cc3)csc2C1. The van der Waals surface area contributed by atoms with Crippen molar-refractivity contribution in [1.82, 2.24) is 0 Å². The predicted molar refractivity (Wildman–Crippen MR) is 129 cm³/mol. The molecule has 1 unspecified atom stereocenters. The Morgan fingerprint density at radius 2 is 1.84 bits per heavy atom. The first kappa shape index (κ1) is 21.9. The number of ether oxygens (including phenoxy) is 1. The van der Waals surface area contributed by atoms with E-state index >= 15 is 0 Å². The molecule has 162 valence electrons. The summed E-state index contributed by atoms with van der Waals surface area (Å²) in [6, 6.07) is 15.1. The summed E-state index contributed by atoms with van der Waals surface area (Å²) >= 11 is 7.64. The molecule has 0 aliphatic heterocycles. The Bertz CT molecular complexity index is 1050. The Balaban J connectivity index is 1.36. The van der Waals surface area contributed by atoms with Crippen LogP contribution in [0.4, 0.5) is 5.69 Å². The predicted octanol–water partition coefficient (Wildman–Crippen LogP) is 7.38. The topological polar surface area (TPSA) is 38.3 Å². The molecule has 0 saturated carbocycles. The van der Waals surface area contributed by atoms with E-state index in [4.69, 9.17) is 16.3 Å². The quantitative estimate of drug-likeness (QED) is 0.437. The minimum atomic E-state index is -0.0264. The van der Waals surface area contributed by atoms with E-state index in [1.54, 1.807) is 11.3 Å². The number of amides is 1. The normalized spacial score (nSPS) is 15.9. The number of hydrogen-bond donors (Lipinski definition) is 1. The van der Waals surface area contributed by atoms with E-state index in [1.807, 2.05) is 53.9 Å². The molecule has 5 heteroatoms. The molecule has 1 amide bonds. The summed E-state index contributed by atoms with van der Waals surface area (Å²) in [5.74, 6) is 1.41. The maximum atomic E-state index is 12.9. The fourth-order valence-electron chi connectivity index (χ4n) is 4.02. The fourth-order valence-corrected chi connectivity index (χ4v) is 5.31. The standard InChI is InChI=1S/C26H28ClNO2S/c1-26(2,3)18-6-13-22-23(16-31-24(22)14-18)25(29)28-20-9-11-21(12-10-20)30-15-17-4-7-19(27)8-5-17/h4-5,7-12,16,18H,6,13-15H2,1-3H3,(H,28,29). The van der Waals surface area contributed by atoms with E-state index in [0.717, 1.165) is 41.8 Å². The summed E-state index contributed by atoms with van der Waals surface area (Å²) in [5.41, 5.74) is 4.20. The third-order valence-electron chi connectivity index (χ3n) is 6.06. The van der Waals surface area contributed by atoms with Crippen LogP contribution in [0.15, 0.2) is 53.9 Å². The molecular weight excluding hydrogens is 426 g/mol. The summed E-state index contributed by atoms with van der Waals surface area (Å²) in [7, 11) is 0. The highest BCUT2D eigenvalue weighted by molar-refractivity contribution is 7.10. The van der Waals surface area contributed by atoms with Crippen molar-refractivity contribution in [1.29, 1.82) is 0 Å². The van der Waals surface area contributed by atoms with E-state index in [1.165, 1.54) is 10.4 Å². The first-order valence-corrected chi connectivity index (χ1v) is 11.9. The van der Waals surface area contributed by atoms with Crippen LogP contribution in [0.25, 0.3) is 0 Å². The lowest BCUT2D eigenvalue weighted by Gasteiger charge is -2.34. The van der Waals surface area contributed by atoms with Gasteiger partial charge in [0, 0.05) is 21.0 Å². The number of anilines is 1. The molecule has 1 aliphatic carbocycles. The largest absolute Gasteiger partial charge is 0.489 e. The van der Waals surface area contributed by atoms with Gasteiger partial charge in [0.2, 0.25) is 0 Å². The van der Waals surface area contributed by atoms with Crippen molar-refractivity contribution < 1.29 is 9.53 Å². The van der Waals surface area contributed by atoms with Crippen LogP contribution in [-0.2, 0) is 19.4 Å². The van der Waals surface area contributed by atoms with Gasteiger partial charge < -0.3 is 10.1 Å². The highest BCUT2D eigenvalue weighted by Gasteiger charge is 2.31. The van der Waals surface area contributed by atoms with E-state index in [0.29, 0.717) is 23.0 Å². The second-order valence-corrected chi connectivity index (χ2v) is 10.7. The van der Waals surface area contributed by atoms with Crippen LogP contribution in [0.5, 0.6) is 5.75 Å². The van der Waals surface area contributed by atoms with Gasteiger partial charge in [0.1, 0.15) is 12.4 Å². The molecule has 3 nitrogen and oxygen atoms in total. The Kier molecular flexibility index (Phi) is 6.40. The molecule has 2 aromatic carbocycles. The average molecular weight is 454 g/mol. The lowest BCUT2D eigenvalue weighted by molar-refractivity contribution is 0.102. The molecule has 1 heterocycles. The number of hydrogen-bond acceptors (Lipinski definition) is 3. The van der Waals surface area contributed by atoms with Gasteiger partial charge in [-0.2, -0.15) is 0 Å². The van der Waals surface area contributed by atoms with Crippen molar-refractivity contribution in [3.63, 3.8) is 0 Å². The maximum absolute atomic E-state index is 12.9. The Morgan fingerprint density at radius 1 is 1.13 bits per heavy atom. The summed E-state index contributed by atoms with van der Waals surface area (Å²) in [6.07, 6.45) is 3.21. The first-order chi connectivity index (χ1) is 14.8. The van der Waals surface area contributed by atoms with E-state index < -0.39 is 0 Å². The number of carbonyl (C=O) groups is 1. The Hall–Kier alpha value is -2.30. The summed E-state index contributed by atoms with van der Waals surface area (Å²) in [4.78, 5) is 14.3. The minimum Gasteiger partial charge on any atom is -0.489 e. The van der Waals surface area contributed by atoms with Crippen LogP contribution in [0, 0.1) is 11.3 Å². The molecular formula is C26H28ClNO2S. The van der Waals surface area contributed by atoms with Crippen LogP contribution >= 0.6 is 22.9 Å². The molecule has 1 atom stereocenters. The minimum absolute atomic E-state index is 0.0264. The molecule has 0 fully saturated rings. The highest BCUT2D eigenvalue weighted by Crippen LogP contribution is 2.40. The van der Waals surface area contributed by atoms with Crippen molar-refractivity contribution in [2.24, 2.45) is 11.3 Å². The average Bonchev–Trinajstić information content (AvgIpc) is 3.17. The van der Waals surface area contributed by atoms with E-state index in [-0.39, 0.29) is 5.91 Å². The lowest BCUT2D eigenvalue weighted by atomic mass is 9.72. The zero-order valence-corrected chi connectivity index (χ0v) is 19.8. The van der Waals surface area contributed by atoms with Crippen molar-refractivity contribution >= 4 is 34.5 Å². The smallest absolute Gasteiger partial charge is 0.256 e. The lowest BCUT2D eigenvalue weighted by Crippen LogP contribution is -2.27. The molecule has 4 rings (SSSR count). The number of fused-ring (bicyclic) bond motifs is 1. The van der Waals surface area contributed by atoms with Gasteiger partial charge in [0.05, 0.1) is 5.56 Å². The zero-order valence-electron chi connectivity index (χ0n) is 18.2. The molecule has 0 saturated heterocycles. The molecule has 1 N–H and O–H groups in total. The monoisotopic (exact) mass is 453 g/mol. The van der Waals surface area contributed by atoms with E-state index in [2.05, 4.69) is 26.1 Å². The molecule has 0 spiro atoms. The molecule has 0 radical (unpaired) electrons. The zero-order chi connectivity index (χ0) is 22.0. The van der Waals surface area contributed by atoms with Crippen LogP contribution in [-0.4, -0.2) is 5.91 Å². The highest BCUT2D eigenvalue weighted by atomic mass is 35.5. The van der Waals surface area contributed by atoms with Crippen LogP contribution in [0.3, 0.4) is 0 Å². The van der Waals surface area contributed by atoms with Gasteiger partial charge in [-0.15, -0.1) is 11.3 Å². The van der Waals surface area contributed by atoms with Crippen molar-refractivity contribution in [2.45, 2.75) is 46.6 Å². The molecule has 3 aromatic rings. The fraction of sp³-hybridized carbons (Fsp3) is 0.346. The number of benzene rings is 2. The number of halogens is 1. The molecule has 0 bridgehead atoms. The summed E-state index contributed by atoms with van der Waals surface area (Å²) in [6.45, 7) is 7.41. The van der Waals surface area contributed by atoms with Crippen LogP contribution in [0.1, 0.15) is 53.6 Å². The Morgan fingerprint density at radius 3 is 2.52 bits per heavy atom. The van der Waals surface area contributed by atoms with Crippen molar-refractivity contribution in [3.05, 3.63) is 80.5 Å². The molecule has 1 aliphatic rings. The third kappa shape index (κ3) is 5.31. The van der Waals surface area contributed by atoms with Gasteiger partial charge >= 0.3 is 0 Å². The second-order valence-electron chi connectivity index (χ2n) is 9.25. The Labute approximate surface area is 193 Å². The van der Waals surface area contributed by atoms with Crippen molar-refractivity contribution in [2.75, 3.05) is 5.32 Å². The molecule has 31 heavy (non-hydrogen) atoms. The summed E-state index contributed by atoms with van der Waals surface area (Å²) in [5, 5.41) is 5.78. The van der Waals surface area contributed by atoms with E-state index in [9.17, 15) is 4.79 Å². The van der Waals surface area contributed by atoms with Gasteiger partial charge in [-0.1, -0.05) is 44.5 Å². The third-order valence-corrected chi connectivity index (χ3v) is 7.36. The number of thiophene rings is 1. The van der Waals surface area contributed by atoms with Crippen LogP contribution in [0.2, 0.25) is 5.02 Å². The maximum Gasteiger partial charge on any atom is 0.256 e. The number of nitrogens with one attached hydrogen (secondary N) is 1. The van der Waals surface area contributed by atoms with Gasteiger partial charge in [0.25, 0.3) is 5.91 Å². The second kappa shape index (κ2) is 9.05. The van der Waals surface area contributed by atoms with Gasteiger partial charge in [-0.25, -0.2) is 0 Å². The van der Waals surface area contributed by atoms with Gasteiger partial charge in [-0.05, 0) is 78.1 Å². The number of carbonyl (C=O) groups excluding carboxylic acids is 1. The van der Waals surface area contributed by atoms with Crippen molar-refractivity contribution in [3.8, 4) is 5.75 Å². The first-order valence-electron chi connectivity index (χ1n) is 10.7. The van der Waals surface area contributed by atoms with Gasteiger partial charge in [-0.3, -0.25) is 4.79 Å². The molecule has 1 aromatic heterocycles. The van der Waals surface area contributed by atoms with Gasteiger partial charge in [0.15, 0.2) is 0 Å². The summed E-state index contributed by atoms with van der Waals surface area (Å²) < 4.78 is 5.82. The number of rotatable bonds is 5. The van der Waals surface area contributed by atoms with Crippen LogP contribution < -0.4 is 10.1 Å².